The summed E-state index contributed by atoms with van der Waals surface area (Å²) in [6.45, 7) is 4.72. The van der Waals surface area contributed by atoms with Crippen molar-refractivity contribution in [1.29, 1.82) is 0 Å². The Labute approximate surface area is 165 Å². The number of hydrogen-bond donors (Lipinski definition) is 1. The number of piperidine rings is 1. The van der Waals surface area contributed by atoms with E-state index in [-0.39, 0.29) is 15.1 Å². The summed E-state index contributed by atoms with van der Waals surface area (Å²) in [6, 6.07) is 9.99. The van der Waals surface area contributed by atoms with Crippen LogP contribution in [-0.4, -0.2) is 40.3 Å². The molecular formula is C18H24N2O4S3. The Morgan fingerprint density at radius 2 is 1.67 bits per heavy atom. The Hall–Kier alpha value is -1.26. The highest BCUT2D eigenvalue weighted by atomic mass is 32.2. The van der Waals surface area contributed by atoms with Crippen LogP contribution in [-0.2, 0) is 20.0 Å². The average molecular weight is 429 g/mol. The van der Waals surface area contributed by atoms with Crippen LogP contribution in [0.4, 0.5) is 0 Å². The molecule has 27 heavy (non-hydrogen) atoms. The SMILES string of the molecule is CC(C)c1ccc(S(=O)(=O)N2CCC(NS(=O)(=O)c3cccs3)CC2)cc1. The van der Waals surface area contributed by atoms with E-state index in [1.165, 1.54) is 15.6 Å². The molecule has 0 amide bonds. The highest BCUT2D eigenvalue weighted by molar-refractivity contribution is 7.91. The van der Waals surface area contributed by atoms with Gasteiger partial charge in [0, 0.05) is 19.1 Å². The minimum Gasteiger partial charge on any atom is -0.207 e. The number of hydrogen-bond acceptors (Lipinski definition) is 5. The van der Waals surface area contributed by atoms with Crippen LogP contribution < -0.4 is 4.72 Å². The summed E-state index contributed by atoms with van der Waals surface area (Å²) in [7, 11) is -7.09. The first-order valence-electron chi connectivity index (χ1n) is 8.86. The van der Waals surface area contributed by atoms with Crippen molar-refractivity contribution in [3.63, 3.8) is 0 Å². The quantitative estimate of drug-likeness (QED) is 0.767. The van der Waals surface area contributed by atoms with Crippen molar-refractivity contribution in [3.05, 3.63) is 47.3 Å². The van der Waals surface area contributed by atoms with Crippen molar-refractivity contribution in [2.75, 3.05) is 13.1 Å². The zero-order valence-electron chi connectivity index (χ0n) is 15.3. The van der Waals surface area contributed by atoms with Crippen LogP contribution in [0.2, 0.25) is 0 Å². The van der Waals surface area contributed by atoms with E-state index in [1.807, 2.05) is 12.1 Å². The first kappa shape index (κ1) is 20.5. The molecule has 1 aromatic carbocycles. The Bertz CT molecular complexity index is 958. The summed E-state index contributed by atoms with van der Waals surface area (Å²) in [5.41, 5.74) is 1.09. The highest BCUT2D eigenvalue weighted by Gasteiger charge is 2.31. The van der Waals surface area contributed by atoms with Crippen LogP contribution >= 0.6 is 11.3 Å². The van der Waals surface area contributed by atoms with Gasteiger partial charge in [-0.1, -0.05) is 32.0 Å². The van der Waals surface area contributed by atoms with Gasteiger partial charge in [-0.3, -0.25) is 0 Å². The molecule has 0 spiro atoms. The molecule has 0 saturated carbocycles. The Balaban J connectivity index is 1.64. The second-order valence-corrected chi connectivity index (χ2v) is 11.8. The first-order chi connectivity index (χ1) is 12.7. The smallest absolute Gasteiger partial charge is 0.207 e. The second-order valence-electron chi connectivity index (χ2n) is 6.96. The molecule has 0 bridgehead atoms. The molecule has 1 saturated heterocycles. The third-order valence-corrected chi connectivity index (χ3v) is 9.55. The molecule has 2 aromatic rings. The highest BCUT2D eigenvalue weighted by Crippen LogP contribution is 2.24. The number of nitrogens with zero attached hydrogens (tertiary/aromatic N) is 1. The van der Waals surface area contributed by atoms with E-state index < -0.39 is 20.0 Å². The lowest BCUT2D eigenvalue weighted by Gasteiger charge is -2.31. The molecule has 2 heterocycles. The normalized spacial score (nSPS) is 17.4. The summed E-state index contributed by atoms with van der Waals surface area (Å²) in [5, 5.41) is 1.72. The van der Waals surface area contributed by atoms with Gasteiger partial charge >= 0.3 is 0 Å². The lowest BCUT2D eigenvalue weighted by Crippen LogP contribution is -2.46. The molecular weight excluding hydrogens is 404 g/mol. The maximum absolute atomic E-state index is 12.8. The number of nitrogens with one attached hydrogen (secondary N) is 1. The van der Waals surface area contributed by atoms with Crippen molar-refractivity contribution in [2.24, 2.45) is 0 Å². The van der Waals surface area contributed by atoms with Crippen molar-refractivity contribution in [1.82, 2.24) is 9.03 Å². The minimum atomic E-state index is -3.56. The van der Waals surface area contributed by atoms with Gasteiger partial charge in [0.25, 0.3) is 0 Å². The number of thiophene rings is 1. The predicted molar refractivity (Wildman–Crippen MR) is 107 cm³/mol. The van der Waals surface area contributed by atoms with Crippen molar-refractivity contribution >= 4 is 31.4 Å². The van der Waals surface area contributed by atoms with Crippen LogP contribution in [0.25, 0.3) is 0 Å². The van der Waals surface area contributed by atoms with E-state index in [9.17, 15) is 16.8 Å². The van der Waals surface area contributed by atoms with E-state index in [0.29, 0.717) is 31.8 Å². The molecule has 6 nitrogen and oxygen atoms in total. The van der Waals surface area contributed by atoms with Crippen LogP contribution in [0.15, 0.2) is 50.9 Å². The zero-order chi connectivity index (χ0) is 19.7. The number of sulfonamides is 2. The monoisotopic (exact) mass is 428 g/mol. The molecule has 148 valence electrons. The third-order valence-electron chi connectivity index (χ3n) is 4.72. The van der Waals surface area contributed by atoms with E-state index in [4.69, 9.17) is 0 Å². The van der Waals surface area contributed by atoms with Crippen LogP contribution in [0.5, 0.6) is 0 Å². The molecule has 0 unspecified atom stereocenters. The largest absolute Gasteiger partial charge is 0.250 e. The van der Waals surface area contributed by atoms with Crippen LogP contribution in [0, 0.1) is 0 Å². The van der Waals surface area contributed by atoms with Gasteiger partial charge in [0.15, 0.2) is 0 Å². The topological polar surface area (TPSA) is 83.6 Å². The summed E-state index contributed by atoms with van der Waals surface area (Å²) in [5.74, 6) is 0.342. The molecule has 9 heteroatoms. The first-order valence-corrected chi connectivity index (χ1v) is 12.7. The van der Waals surface area contributed by atoms with Crippen molar-refractivity contribution < 1.29 is 16.8 Å². The lowest BCUT2D eigenvalue weighted by molar-refractivity contribution is 0.308. The average Bonchev–Trinajstić information content (AvgIpc) is 3.18. The summed E-state index contributed by atoms with van der Waals surface area (Å²) >= 11 is 1.17. The Kier molecular flexibility index (Phi) is 6.07. The summed E-state index contributed by atoms with van der Waals surface area (Å²) in [6.07, 6.45) is 0.905. The molecule has 1 aliphatic rings. The van der Waals surface area contributed by atoms with Crippen LogP contribution in [0.1, 0.15) is 38.2 Å². The van der Waals surface area contributed by atoms with Gasteiger partial charge in [0.1, 0.15) is 4.21 Å². The molecule has 1 fully saturated rings. The van der Waals surface area contributed by atoms with E-state index in [2.05, 4.69) is 18.6 Å². The molecule has 0 aliphatic carbocycles. The minimum absolute atomic E-state index is 0.258. The Morgan fingerprint density at radius 1 is 1.04 bits per heavy atom. The standard InChI is InChI=1S/C18H24N2O4S3/c1-14(2)15-5-7-17(8-6-15)27(23,24)20-11-9-16(10-12-20)19-26(21,22)18-4-3-13-25-18/h3-8,13-14,16,19H,9-12H2,1-2H3. The van der Waals surface area contributed by atoms with Crippen molar-refractivity contribution in [3.8, 4) is 0 Å². The zero-order valence-corrected chi connectivity index (χ0v) is 17.8. The number of rotatable bonds is 6. The van der Waals surface area contributed by atoms with Gasteiger partial charge in [0.2, 0.25) is 20.0 Å². The molecule has 0 atom stereocenters. The van der Waals surface area contributed by atoms with Gasteiger partial charge in [-0.2, -0.15) is 4.31 Å². The molecule has 3 rings (SSSR count). The molecule has 1 aliphatic heterocycles. The van der Waals surface area contributed by atoms with E-state index >= 15 is 0 Å². The van der Waals surface area contributed by atoms with Gasteiger partial charge in [0.05, 0.1) is 4.90 Å². The molecule has 1 aromatic heterocycles. The van der Waals surface area contributed by atoms with E-state index in [0.717, 1.165) is 5.56 Å². The van der Waals surface area contributed by atoms with Gasteiger partial charge in [-0.05, 0) is 47.9 Å². The lowest BCUT2D eigenvalue weighted by atomic mass is 10.0. The number of benzene rings is 1. The van der Waals surface area contributed by atoms with Gasteiger partial charge in [-0.15, -0.1) is 11.3 Å². The Morgan fingerprint density at radius 3 is 2.19 bits per heavy atom. The van der Waals surface area contributed by atoms with E-state index in [1.54, 1.807) is 29.6 Å². The predicted octanol–water partition coefficient (Wildman–Crippen LogP) is 3.00. The van der Waals surface area contributed by atoms with Gasteiger partial charge in [-0.25, -0.2) is 21.6 Å². The maximum Gasteiger partial charge on any atom is 0.250 e. The maximum atomic E-state index is 12.8. The molecule has 0 radical (unpaired) electrons. The molecule has 1 N–H and O–H groups in total. The third kappa shape index (κ3) is 4.60. The summed E-state index contributed by atoms with van der Waals surface area (Å²) in [4.78, 5) is 0.282. The second kappa shape index (κ2) is 8.00. The van der Waals surface area contributed by atoms with Gasteiger partial charge < -0.3 is 0 Å². The fraction of sp³-hybridized carbons (Fsp3) is 0.444. The fourth-order valence-corrected chi connectivity index (χ4v) is 6.87. The van der Waals surface area contributed by atoms with Crippen molar-refractivity contribution in [2.45, 2.75) is 47.8 Å². The van der Waals surface area contributed by atoms with Crippen LogP contribution in [0.3, 0.4) is 0 Å². The fourth-order valence-electron chi connectivity index (χ4n) is 3.08. The summed E-state index contributed by atoms with van der Waals surface area (Å²) < 4.78 is 54.7.